The number of nitrogens with one attached hydrogen (secondary N) is 2. The second kappa shape index (κ2) is 38.8. The first kappa shape index (κ1) is 74.1. The lowest BCUT2D eigenvalue weighted by atomic mass is 10.1. The summed E-state index contributed by atoms with van der Waals surface area (Å²) < 4.78 is 91.4. The lowest BCUT2D eigenvalue weighted by Crippen LogP contribution is -2.24. The maximum Gasteiger partial charge on any atom is 0.316 e. The van der Waals surface area contributed by atoms with Crippen LogP contribution in [0.15, 0.2) is 129 Å². The van der Waals surface area contributed by atoms with E-state index in [1.165, 1.54) is 59.0 Å². The number of carbonyl (C=O) groups is 2. The molecule has 454 valence electrons. The second-order valence-corrected chi connectivity index (χ2v) is 17.2. The van der Waals surface area contributed by atoms with E-state index in [0.29, 0.717) is 56.7 Å². The molecule has 5 aromatic heterocycles. The summed E-state index contributed by atoms with van der Waals surface area (Å²) in [6.45, 7) is 12.1. The maximum atomic E-state index is 13.8. The van der Waals surface area contributed by atoms with E-state index in [0.717, 1.165) is 21.9 Å². The Morgan fingerprint density at radius 1 is 0.776 bits per heavy atom. The number of pyridine rings is 2. The van der Waals surface area contributed by atoms with Gasteiger partial charge in [0.25, 0.3) is 11.6 Å². The molecule has 0 bridgehead atoms. The number of furan rings is 2. The molecule has 24 heteroatoms. The fourth-order valence-corrected chi connectivity index (χ4v) is 7.97. The highest BCUT2D eigenvalue weighted by atomic mass is 31.2. The number of hydrogen-bond acceptors (Lipinski definition) is 16. The molecule has 9 N–H and O–H groups in total. The largest absolute Gasteiger partial charge is 0.506 e. The highest BCUT2D eigenvalue weighted by molar-refractivity contribution is 7.54. The van der Waals surface area contributed by atoms with Crippen LogP contribution in [0, 0.1) is 31.1 Å². The molecule has 5 heterocycles. The summed E-state index contributed by atoms with van der Waals surface area (Å²) >= 11 is 0. The number of allylic oxidation sites excluding steroid dienone is 1. The van der Waals surface area contributed by atoms with E-state index in [-0.39, 0.29) is 66.1 Å². The number of nitrogens with two attached hydrogens (primary N) is 3. The van der Waals surface area contributed by atoms with Gasteiger partial charge in [-0.3, -0.25) is 15.0 Å². The number of hydrogen-bond donors (Lipinski definition) is 6. The fourth-order valence-electron chi connectivity index (χ4n) is 7.44. The van der Waals surface area contributed by atoms with Gasteiger partial charge in [-0.15, -0.1) is 25.7 Å². The summed E-state index contributed by atoms with van der Waals surface area (Å²) in [5.41, 5.74) is 15.8. The van der Waals surface area contributed by atoms with Crippen LogP contribution in [0.2, 0.25) is 0 Å². The molecule has 1 atom stereocenters. The first-order valence-electron chi connectivity index (χ1n) is 25.8. The van der Waals surface area contributed by atoms with Crippen LogP contribution in [0.5, 0.6) is 17.2 Å². The first-order valence-corrected chi connectivity index (χ1v) is 27.5. The minimum absolute atomic E-state index is 0.0193. The number of amides is 2. The van der Waals surface area contributed by atoms with Crippen molar-refractivity contribution in [2.24, 2.45) is 17.2 Å². The minimum Gasteiger partial charge on any atom is -0.506 e. The molecule has 0 fully saturated rings. The lowest BCUT2D eigenvalue weighted by Gasteiger charge is -2.15. The van der Waals surface area contributed by atoms with E-state index in [4.69, 9.17) is 49.1 Å². The summed E-state index contributed by atoms with van der Waals surface area (Å²) in [7, 11) is 4.26. The number of oxazole rings is 1. The Bertz CT molecular complexity index is 3590. The van der Waals surface area contributed by atoms with Gasteiger partial charge in [0, 0.05) is 59.2 Å². The predicted molar refractivity (Wildman–Crippen MR) is 333 cm³/mol. The fraction of sp³-hybridized carbons (Fsp3) is 0.246. The van der Waals surface area contributed by atoms with Crippen LogP contribution in [0.3, 0.4) is 0 Å². The van der Waals surface area contributed by atoms with Crippen LogP contribution in [0.25, 0.3) is 55.2 Å². The number of primary amides is 1. The molecule has 0 radical (unpaired) electrons. The van der Waals surface area contributed by atoms with Crippen molar-refractivity contribution in [3.05, 3.63) is 149 Å². The predicted octanol–water partition coefficient (Wildman–Crippen LogP) is 12.9. The number of ether oxygens (including phenoxy) is 4. The molecule has 4 aromatic carbocycles. The highest BCUT2D eigenvalue weighted by Crippen LogP contribution is 2.40. The zero-order valence-corrected chi connectivity index (χ0v) is 50.9. The number of para-hydroxylation sites is 1. The summed E-state index contributed by atoms with van der Waals surface area (Å²) in [6, 6.07) is 24.4. The van der Waals surface area contributed by atoms with Crippen molar-refractivity contribution in [3.63, 3.8) is 0 Å². The maximum absolute atomic E-state index is 13.8. The third-order valence-electron chi connectivity index (χ3n) is 10.8. The van der Waals surface area contributed by atoms with Gasteiger partial charge in [-0.25, -0.2) is 15.0 Å². The van der Waals surface area contributed by atoms with Gasteiger partial charge in [-0.1, -0.05) is 75.0 Å². The van der Waals surface area contributed by atoms with Gasteiger partial charge in [0.1, 0.15) is 56.3 Å². The molecular weight excluding hydrogens is 1140 g/mol. The van der Waals surface area contributed by atoms with Crippen LogP contribution in [0.4, 0.5) is 17.2 Å². The van der Waals surface area contributed by atoms with Crippen molar-refractivity contribution in [2.75, 3.05) is 35.0 Å². The zero-order valence-electron chi connectivity index (χ0n) is 48.8. The van der Waals surface area contributed by atoms with E-state index in [2.05, 4.69) is 56.4 Å². The molecule has 0 aliphatic rings. The standard InChI is InChI=1S/C24H19F2N4O5P.C24H22F2N3O3P.C2H6O.3C2H6.2C2H2.CH3NO/c1-33-16-3-2-4-17-20(16)12(11-34-17)10-28-23(32)22-18(9-27)35-24(30-22)14-5-7-15(31)21-13(14)6-8-19(29-21)36(25)26;1-30-20-10-8-18(17-9-11-21(24(25,26)33)29-22(17)20)23(28)32-15(12-27)7-6-14-13-31-19-5-3-2-4-16(14)19;1-3-2;5*1-2;2-1-3/h2-8,11,31H,9-10,27H2,1H3,(H,28,32);2-5,7-11,13,28H,6,12,27,33H2,1H3;1-2H3;3*1-2H3;2*1-2H;1H,(H2,2,3)/b;15-7+,28-23?;;;;;;;. The highest BCUT2D eigenvalue weighted by Gasteiger charge is 2.28. The van der Waals surface area contributed by atoms with Crippen LogP contribution in [-0.2, 0) is 39.4 Å². The van der Waals surface area contributed by atoms with E-state index in [9.17, 15) is 27.1 Å². The number of nitrogens with zero attached hydrogens (tertiary/aromatic N) is 3. The van der Waals surface area contributed by atoms with Crippen molar-refractivity contribution < 1.29 is 64.1 Å². The topological polar surface area (TPSA) is 283 Å². The summed E-state index contributed by atoms with van der Waals surface area (Å²) in [5, 5.41) is 24.0. The molecule has 0 saturated heterocycles. The van der Waals surface area contributed by atoms with Crippen molar-refractivity contribution in [1.29, 1.82) is 5.41 Å². The Balaban J connectivity index is 0.000000688. The second-order valence-electron chi connectivity index (χ2n) is 15.5. The number of halogens is 4. The molecule has 0 saturated carbocycles. The summed E-state index contributed by atoms with van der Waals surface area (Å²) in [5.74, 6) is 0.536. The van der Waals surface area contributed by atoms with Gasteiger partial charge in [-0.05, 0) is 79.2 Å². The molecule has 9 rings (SSSR count). The monoisotopic (exact) mass is 1210 g/mol. The number of terminal acetylenes is 2. The van der Waals surface area contributed by atoms with E-state index in [1.54, 1.807) is 64.0 Å². The Labute approximate surface area is 495 Å². The number of rotatable bonds is 14. The van der Waals surface area contributed by atoms with Gasteiger partial charge >= 0.3 is 8.54 Å². The van der Waals surface area contributed by atoms with E-state index in [1.807, 2.05) is 65.8 Å². The number of fused-ring (bicyclic) bond motifs is 4. The SMILES string of the molecule is C#C.C#C.CC.CC.CC.COC.COc1ccc(C(=N)O/C(=C/Cc2coc3ccccc23)CN)c2ccc(C(F)(F)P)nc12.COc1cccc2occ(CNC(=O)c3nc(-c4ccc(O)c5nc(P(F)F)ccc45)oc3CN)c12.NC=O. The van der Waals surface area contributed by atoms with Crippen molar-refractivity contribution >= 4 is 85.2 Å². The zero-order chi connectivity index (χ0) is 64.4. The molecular formula is C61H72F4N8O10P2. The van der Waals surface area contributed by atoms with Gasteiger partial charge < -0.3 is 59.8 Å². The molecule has 2 amide bonds. The first-order chi connectivity index (χ1) is 41.0. The number of benzene rings is 4. The van der Waals surface area contributed by atoms with Gasteiger partial charge in [0.05, 0.1) is 45.2 Å². The van der Waals surface area contributed by atoms with Crippen molar-refractivity contribution in [3.8, 4) is 54.4 Å². The number of carbonyl (C=O) groups excluding carboxylic acids is 2. The van der Waals surface area contributed by atoms with Crippen LogP contribution < -0.4 is 37.4 Å². The quantitative estimate of drug-likeness (QED) is 0.0112. The van der Waals surface area contributed by atoms with Crippen molar-refractivity contribution in [2.45, 2.75) is 66.7 Å². The molecule has 9 aromatic rings. The lowest BCUT2D eigenvalue weighted by molar-refractivity contribution is -0.106. The summed E-state index contributed by atoms with van der Waals surface area (Å²) in [4.78, 5) is 33.9. The third-order valence-corrected chi connectivity index (χ3v) is 11.7. The molecule has 0 spiro atoms. The Kier molecular flexibility index (Phi) is 33.8. The minimum atomic E-state index is -3.44. The average molecular weight is 1220 g/mol. The molecule has 0 aliphatic carbocycles. The number of phenols is 1. The van der Waals surface area contributed by atoms with Crippen molar-refractivity contribution in [1.82, 2.24) is 20.3 Å². The number of aromatic nitrogens is 3. The smallest absolute Gasteiger partial charge is 0.316 e. The third kappa shape index (κ3) is 19.9. The van der Waals surface area contributed by atoms with E-state index >= 15 is 0 Å². The molecule has 85 heavy (non-hydrogen) atoms. The average Bonchev–Trinajstić information content (AvgIpc) is 2.90. The van der Waals surface area contributed by atoms with Gasteiger partial charge in [0.15, 0.2) is 11.5 Å². The number of aromatic hydroxyl groups is 1. The molecule has 18 nitrogen and oxygen atoms in total. The Morgan fingerprint density at radius 2 is 1.38 bits per heavy atom. The number of methoxy groups -OCH3 is 3. The van der Waals surface area contributed by atoms with Crippen LogP contribution in [-0.4, -0.2) is 73.3 Å². The Morgan fingerprint density at radius 3 is 1.98 bits per heavy atom. The van der Waals surface area contributed by atoms with E-state index < -0.39 is 31.2 Å². The Hall–Kier alpha value is -8.88. The normalized spacial score (nSPS) is 10.3. The van der Waals surface area contributed by atoms with Crippen LogP contribution in [0.1, 0.15) is 80.2 Å². The molecule has 0 aliphatic heterocycles. The van der Waals surface area contributed by atoms with Gasteiger partial charge in [0.2, 0.25) is 18.2 Å². The van der Waals surface area contributed by atoms with Gasteiger partial charge in [-0.2, -0.15) is 17.2 Å². The molecule has 1 unspecified atom stereocenters. The number of phenolic OH excluding ortho intramolecular Hbond substituents is 1. The number of alkyl halides is 2. The van der Waals surface area contributed by atoms with Crippen LogP contribution >= 0.6 is 17.8 Å². The summed E-state index contributed by atoms with van der Waals surface area (Å²) in [6.07, 6.45) is 21.8.